The van der Waals surface area contributed by atoms with Gasteiger partial charge in [-0.3, -0.25) is 0 Å². The summed E-state index contributed by atoms with van der Waals surface area (Å²) in [6.07, 6.45) is -3.84. The van der Waals surface area contributed by atoms with Crippen molar-refractivity contribution < 1.29 is 18.3 Å². The highest BCUT2D eigenvalue weighted by Gasteiger charge is 2.35. The van der Waals surface area contributed by atoms with Gasteiger partial charge < -0.3 is 10.4 Å². The summed E-state index contributed by atoms with van der Waals surface area (Å²) in [4.78, 5) is 0. The number of alkyl halides is 3. The smallest absolute Gasteiger partial charge is 0.396 e. The molecule has 1 aromatic heterocycles. The fourth-order valence-corrected chi connectivity index (χ4v) is 1.61. The van der Waals surface area contributed by atoms with Crippen LogP contribution in [0.5, 0.6) is 0 Å². The lowest BCUT2D eigenvalue weighted by Crippen LogP contribution is -2.12. The van der Waals surface area contributed by atoms with Crippen molar-refractivity contribution in [2.45, 2.75) is 19.5 Å². The van der Waals surface area contributed by atoms with Crippen LogP contribution in [-0.4, -0.2) is 28.5 Å². The summed E-state index contributed by atoms with van der Waals surface area (Å²) in [5, 5.41) is 17.0. The summed E-state index contributed by atoms with van der Waals surface area (Å²) in [5.74, 6) is 0.170. The molecule has 0 saturated heterocycles. The van der Waals surface area contributed by atoms with Gasteiger partial charge in [-0.1, -0.05) is 18.3 Å². The van der Waals surface area contributed by atoms with Gasteiger partial charge in [0.15, 0.2) is 0 Å². The van der Waals surface area contributed by atoms with E-state index in [4.69, 9.17) is 5.11 Å². The summed E-state index contributed by atoms with van der Waals surface area (Å²) >= 11 is 0.479. The Kier molecular flexibility index (Phi) is 4.48. The molecular weight excluding hydrogens is 243 g/mol. The molecule has 0 amide bonds. The van der Waals surface area contributed by atoms with Crippen LogP contribution < -0.4 is 5.32 Å². The van der Waals surface area contributed by atoms with Gasteiger partial charge in [0.2, 0.25) is 10.1 Å². The molecular formula is C8H12F3N3OS. The highest BCUT2D eigenvalue weighted by molar-refractivity contribution is 7.15. The molecule has 16 heavy (non-hydrogen) atoms. The highest BCUT2D eigenvalue weighted by Crippen LogP contribution is 2.32. The average molecular weight is 255 g/mol. The van der Waals surface area contributed by atoms with Gasteiger partial charge in [0, 0.05) is 13.2 Å². The van der Waals surface area contributed by atoms with Crippen molar-refractivity contribution >= 4 is 16.5 Å². The first-order chi connectivity index (χ1) is 7.43. The Hall–Kier alpha value is -0.890. The van der Waals surface area contributed by atoms with Crippen LogP contribution in [0.3, 0.4) is 0 Å². The zero-order valence-corrected chi connectivity index (χ0v) is 9.40. The normalized spacial score (nSPS) is 13.8. The van der Waals surface area contributed by atoms with E-state index >= 15 is 0 Å². The molecule has 0 bridgehead atoms. The number of nitrogens with one attached hydrogen (secondary N) is 1. The number of aliphatic hydroxyl groups excluding tert-OH is 1. The first-order valence-corrected chi connectivity index (χ1v) is 5.50. The van der Waals surface area contributed by atoms with Crippen LogP contribution in [-0.2, 0) is 6.18 Å². The Morgan fingerprint density at radius 2 is 2.12 bits per heavy atom. The minimum atomic E-state index is -4.44. The van der Waals surface area contributed by atoms with Gasteiger partial charge >= 0.3 is 6.18 Å². The predicted molar refractivity (Wildman–Crippen MR) is 54.3 cm³/mol. The maximum Gasteiger partial charge on any atom is 0.445 e. The lowest BCUT2D eigenvalue weighted by atomic mass is 10.1. The number of aromatic nitrogens is 2. The number of anilines is 1. The predicted octanol–water partition coefficient (Wildman–Crippen LogP) is 1.99. The van der Waals surface area contributed by atoms with Gasteiger partial charge in [-0.25, -0.2) is 0 Å². The monoisotopic (exact) mass is 255 g/mol. The van der Waals surface area contributed by atoms with Gasteiger partial charge in [-0.2, -0.15) is 13.2 Å². The Bertz CT molecular complexity index is 329. The zero-order chi connectivity index (χ0) is 12.2. The van der Waals surface area contributed by atoms with Crippen molar-refractivity contribution in [2.75, 3.05) is 18.5 Å². The minimum absolute atomic E-state index is 0.0623. The van der Waals surface area contributed by atoms with Gasteiger partial charge in [0.25, 0.3) is 0 Å². The third-order valence-corrected chi connectivity index (χ3v) is 2.82. The van der Waals surface area contributed by atoms with E-state index in [0.717, 1.165) is 0 Å². The van der Waals surface area contributed by atoms with Crippen molar-refractivity contribution in [3.05, 3.63) is 5.01 Å². The van der Waals surface area contributed by atoms with Crippen LogP contribution in [0.2, 0.25) is 0 Å². The van der Waals surface area contributed by atoms with E-state index in [1.165, 1.54) is 0 Å². The molecule has 0 aliphatic carbocycles. The van der Waals surface area contributed by atoms with E-state index in [-0.39, 0.29) is 17.7 Å². The van der Waals surface area contributed by atoms with Crippen LogP contribution in [0, 0.1) is 5.92 Å². The molecule has 0 fully saturated rings. The van der Waals surface area contributed by atoms with Gasteiger partial charge in [0.05, 0.1) is 0 Å². The van der Waals surface area contributed by atoms with Crippen molar-refractivity contribution in [1.29, 1.82) is 0 Å². The van der Waals surface area contributed by atoms with E-state index in [1.807, 2.05) is 6.92 Å². The van der Waals surface area contributed by atoms with Crippen LogP contribution >= 0.6 is 11.3 Å². The Labute approximate surface area is 94.5 Å². The van der Waals surface area contributed by atoms with E-state index in [0.29, 0.717) is 24.3 Å². The van der Waals surface area contributed by atoms with Gasteiger partial charge in [0.1, 0.15) is 0 Å². The summed E-state index contributed by atoms with van der Waals surface area (Å²) in [7, 11) is 0. The van der Waals surface area contributed by atoms with E-state index in [1.54, 1.807) is 0 Å². The lowest BCUT2D eigenvalue weighted by Gasteiger charge is -2.09. The molecule has 1 aromatic rings. The number of hydrogen-bond acceptors (Lipinski definition) is 5. The molecule has 0 aromatic carbocycles. The van der Waals surface area contributed by atoms with Gasteiger partial charge in [-0.15, -0.1) is 10.2 Å². The first kappa shape index (κ1) is 13.2. The Balaban J connectivity index is 2.47. The number of nitrogens with zero attached hydrogens (tertiary/aromatic N) is 2. The van der Waals surface area contributed by atoms with E-state index < -0.39 is 11.2 Å². The molecule has 0 saturated carbocycles. The standard InChI is InChI=1S/C8H12F3N3OS/c1-5(2-3-15)4-12-7-14-13-6(16-7)8(9,10)11/h5,15H,2-4H2,1H3,(H,12,14)/t5-/m1/s1. The summed E-state index contributed by atoms with van der Waals surface area (Å²) in [5.41, 5.74) is 0. The van der Waals surface area contributed by atoms with Crippen LogP contribution in [0.4, 0.5) is 18.3 Å². The third kappa shape index (κ3) is 3.93. The fourth-order valence-electron chi connectivity index (χ4n) is 0.993. The molecule has 0 aliphatic rings. The number of rotatable bonds is 5. The van der Waals surface area contributed by atoms with Crippen LogP contribution in [0.1, 0.15) is 18.4 Å². The summed E-state index contributed by atoms with van der Waals surface area (Å²) < 4.78 is 36.5. The number of aliphatic hydroxyl groups is 1. The summed E-state index contributed by atoms with van der Waals surface area (Å²) in [6, 6.07) is 0. The fraction of sp³-hybridized carbons (Fsp3) is 0.750. The van der Waals surface area contributed by atoms with E-state index in [2.05, 4.69) is 15.5 Å². The average Bonchev–Trinajstić information content (AvgIpc) is 2.63. The SMILES string of the molecule is C[C@H](CCO)CNc1nnc(C(F)(F)F)s1. The molecule has 0 spiro atoms. The van der Waals surface area contributed by atoms with Crippen molar-refractivity contribution in [2.24, 2.45) is 5.92 Å². The molecule has 4 nitrogen and oxygen atoms in total. The maximum atomic E-state index is 12.2. The lowest BCUT2D eigenvalue weighted by molar-refractivity contribution is -0.138. The second-order valence-electron chi connectivity index (χ2n) is 3.41. The summed E-state index contributed by atoms with van der Waals surface area (Å²) in [6.45, 7) is 2.41. The Morgan fingerprint density at radius 1 is 1.44 bits per heavy atom. The molecule has 8 heteroatoms. The molecule has 92 valence electrons. The van der Waals surface area contributed by atoms with Crippen LogP contribution in [0.25, 0.3) is 0 Å². The van der Waals surface area contributed by atoms with Crippen molar-refractivity contribution in [1.82, 2.24) is 10.2 Å². The first-order valence-electron chi connectivity index (χ1n) is 4.69. The molecule has 0 aliphatic heterocycles. The molecule has 1 rings (SSSR count). The second-order valence-corrected chi connectivity index (χ2v) is 4.39. The topological polar surface area (TPSA) is 58.0 Å². The van der Waals surface area contributed by atoms with Crippen molar-refractivity contribution in [3.8, 4) is 0 Å². The number of hydrogen-bond donors (Lipinski definition) is 2. The maximum absolute atomic E-state index is 12.2. The molecule has 0 radical (unpaired) electrons. The van der Waals surface area contributed by atoms with Crippen molar-refractivity contribution in [3.63, 3.8) is 0 Å². The molecule has 1 atom stereocenters. The molecule has 1 heterocycles. The highest BCUT2D eigenvalue weighted by atomic mass is 32.1. The van der Waals surface area contributed by atoms with E-state index in [9.17, 15) is 13.2 Å². The molecule has 2 N–H and O–H groups in total. The number of halogens is 3. The van der Waals surface area contributed by atoms with Crippen LogP contribution in [0.15, 0.2) is 0 Å². The molecule has 0 unspecified atom stereocenters. The minimum Gasteiger partial charge on any atom is -0.396 e. The zero-order valence-electron chi connectivity index (χ0n) is 8.58. The Morgan fingerprint density at radius 3 is 2.62 bits per heavy atom. The third-order valence-electron chi connectivity index (χ3n) is 1.89. The van der Waals surface area contributed by atoms with Gasteiger partial charge in [-0.05, 0) is 12.3 Å². The largest absolute Gasteiger partial charge is 0.445 e. The quantitative estimate of drug-likeness (QED) is 0.844. The second kappa shape index (κ2) is 5.44.